The van der Waals surface area contributed by atoms with E-state index in [1.54, 1.807) is 0 Å². The first-order valence-electron chi connectivity index (χ1n) is 9.57. The molecule has 2 nitrogen and oxygen atoms in total. The van der Waals surface area contributed by atoms with E-state index in [0.717, 1.165) is 10.1 Å². The Labute approximate surface area is 182 Å². The van der Waals surface area contributed by atoms with Crippen molar-refractivity contribution in [3.05, 3.63) is 33.8 Å². The van der Waals surface area contributed by atoms with E-state index in [4.69, 9.17) is 4.99 Å². The van der Waals surface area contributed by atoms with Gasteiger partial charge in [0.05, 0.1) is 5.69 Å². The molecule has 0 spiro atoms. The van der Waals surface area contributed by atoms with Crippen molar-refractivity contribution in [2.24, 2.45) is 4.99 Å². The Kier molecular flexibility index (Phi) is 9.04. The highest BCUT2D eigenvalue weighted by atomic mass is 32.2. The van der Waals surface area contributed by atoms with Crippen LogP contribution in [-0.2, 0) is 0 Å². The lowest BCUT2D eigenvalue weighted by Crippen LogP contribution is -2.07. The maximum absolute atomic E-state index is 5.23. The molecular weight excluding hydrogens is 409 g/mol. The Morgan fingerprint density at radius 2 is 1.33 bits per heavy atom. The summed E-state index contributed by atoms with van der Waals surface area (Å²) in [7, 11) is 0. The fraction of sp³-hybridized carbons (Fsp3) is 0.571. The molecule has 0 aliphatic carbocycles. The van der Waals surface area contributed by atoms with E-state index in [2.05, 4.69) is 78.9 Å². The van der Waals surface area contributed by atoms with Crippen LogP contribution in [0.1, 0.15) is 61.0 Å². The van der Waals surface area contributed by atoms with Gasteiger partial charge >= 0.3 is 0 Å². The summed E-state index contributed by atoms with van der Waals surface area (Å²) in [6.45, 7) is 17.9. The Morgan fingerprint density at radius 3 is 1.89 bits per heavy atom. The van der Waals surface area contributed by atoms with E-state index < -0.39 is 0 Å². The second kappa shape index (κ2) is 10.6. The quantitative estimate of drug-likeness (QED) is 0.434. The van der Waals surface area contributed by atoms with E-state index in [-0.39, 0.29) is 0 Å². The molecule has 1 aromatic rings. The molecule has 2 rings (SSSR count). The van der Waals surface area contributed by atoms with Crippen LogP contribution >= 0.6 is 47.0 Å². The minimum absolute atomic E-state index is 0.485. The van der Waals surface area contributed by atoms with Gasteiger partial charge in [0.2, 0.25) is 0 Å². The molecule has 0 atom stereocenters. The van der Waals surface area contributed by atoms with E-state index in [1.165, 1.54) is 21.2 Å². The lowest BCUT2D eigenvalue weighted by molar-refractivity contribution is 1.11. The van der Waals surface area contributed by atoms with Crippen LogP contribution in [0.5, 0.6) is 0 Å². The maximum atomic E-state index is 5.23. The highest BCUT2D eigenvalue weighted by Gasteiger charge is 2.24. The van der Waals surface area contributed by atoms with Gasteiger partial charge in [-0.05, 0) is 12.1 Å². The van der Waals surface area contributed by atoms with E-state index in [0.29, 0.717) is 21.0 Å². The van der Waals surface area contributed by atoms with Gasteiger partial charge in [-0.3, -0.25) is 0 Å². The van der Waals surface area contributed by atoms with Crippen molar-refractivity contribution >= 4 is 57.8 Å². The van der Waals surface area contributed by atoms with Gasteiger partial charge in [-0.2, -0.15) is 0 Å². The number of nitrogens with zero attached hydrogens (tertiary/aromatic N) is 1. The predicted molar refractivity (Wildman–Crippen MR) is 133 cm³/mol. The number of aliphatic imine (C=N–C) groups is 1. The van der Waals surface area contributed by atoms with Crippen LogP contribution in [0, 0.1) is 0 Å². The van der Waals surface area contributed by atoms with Crippen LogP contribution in [0.4, 0.5) is 5.69 Å². The topological polar surface area (TPSA) is 24.4 Å². The molecule has 1 heterocycles. The zero-order valence-corrected chi connectivity index (χ0v) is 20.9. The van der Waals surface area contributed by atoms with Crippen LogP contribution in [0.2, 0.25) is 0 Å². The summed E-state index contributed by atoms with van der Waals surface area (Å²) in [5, 5.41) is 9.18. The van der Waals surface area contributed by atoms with Crippen LogP contribution < -0.4 is 5.32 Å². The minimum atomic E-state index is 0.485. The van der Waals surface area contributed by atoms with Gasteiger partial charge in [0, 0.05) is 31.5 Å². The molecule has 0 unspecified atom stereocenters. The molecule has 1 aliphatic heterocycles. The summed E-state index contributed by atoms with van der Waals surface area (Å²) in [5.41, 5.74) is 2.44. The summed E-state index contributed by atoms with van der Waals surface area (Å²) in [6, 6.07) is 6.59. The molecule has 1 aromatic carbocycles. The lowest BCUT2D eigenvalue weighted by atomic mass is 10.2. The number of benzene rings is 1. The van der Waals surface area contributed by atoms with Crippen molar-refractivity contribution in [1.82, 2.24) is 0 Å². The molecule has 150 valence electrons. The summed E-state index contributed by atoms with van der Waals surface area (Å²) in [4.78, 5) is 6.54. The van der Waals surface area contributed by atoms with Gasteiger partial charge in [-0.1, -0.05) is 61.5 Å². The van der Waals surface area contributed by atoms with Crippen molar-refractivity contribution < 1.29 is 0 Å². The summed E-state index contributed by atoms with van der Waals surface area (Å²) in [5.74, 6) is 0. The van der Waals surface area contributed by atoms with Crippen molar-refractivity contribution in [1.29, 1.82) is 0 Å². The van der Waals surface area contributed by atoms with Crippen LogP contribution in [-0.4, -0.2) is 26.0 Å². The number of thioether (sulfide) groups is 4. The Bertz CT molecular complexity index is 706. The van der Waals surface area contributed by atoms with E-state index in [1.807, 2.05) is 47.0 Å². The molecule has 0 fully saturated rings. The smallest absolute Gasteiger partial charge is 0.128 e. The predicted octanol–water partition coefficient (Wildman–Crippen LogP) is 7.91. The monoisotopic (exact) mass is 440 g/mol. The highest BCUT2D eigenvalue weighted by Crippen LogP contribution is 2.43. The Hall–Kier alpha value is -0.170. The molecule has 0 bridgehead atoms. The lowest BCUT2D eigenvalue weighted by Gasteiger charge is -2.18. The summed E-state index contributed by atoms with van der Waals surface area (Å²) in [6.07, 6.45) is 0. The molecule has 0 saturated heterocycles. The number of anilines is 1. The van der Waals surface area contributed by atoms with Crippen LogP contribution in [0.25, 0.3) is 0 Å². The number of nitrogens with one attached hydrogen (secondary N) is 1. The van der Waals surface area contributed by atoms with Gasteiger partial charge in [0.1, 0.15) is 15.1 Å². The molecule has 0 aromatic heterocycles. The van der Waals surface area contributed by atoms with E-state index in [9.17, 15) is 0 Å². The molecule has 0 saturated carbocycles. The van der Waals surface area contributed by atoms with Gasteiger partial charge < -0.3 is 5.32 Å². The zero-order valence-electron chi connectivity index (χ0n) is 17.6. The third-order valence-corrected chi connectivity index (χ3v) is 7.47. The zero-order chi connectivity index (χ0) is 20.1. The highest BCUT2D eigenvalue weighted by molar-refractivity contribution is 8.15. The number of rotatable bonds is 7. The van der Waals surface area contributed by atoms with Crippen molar-refractivity contribution in [2.75, 3.05) is 5.32 Å². The fourth-order valence-corrected chi connectivity index (χ4v) is 6.37. The normalized spacial score (nSPS) is 14.7. The average Bonchev–Trinajstić information content (AvgIpc) is 2.63. The average molecular weight is 441 g/mol. The van der Waals surface area contributed by atoms with Gasteiger partial charge in [-0.15, -0.1) is 47.0 Å². The third-order valence-electron chi connectivity index (χ3n) is 3.30. The first-order valence-corrected chi connectivity index (χ1v) is 13.1. The minimum Gasteiger partial charge on any atom is -0.347 e. The van der Waals surface area contributed by atoms with E-state index >= 15 is 0 Å². The summed E-state index contributed by atoms with van der Waals surface area (Å²) < 4.78 is 0. The molecule has 0 radical (unpaired) electrons. The molecule has 6 heteroatoms. The first-order chi connectivity index (χ1) is 12.7. The standard InChI is InChI=1S/C21H32N2S4/c1-12(2)24-17-11-9-10-16-18(17)19(25-13(3)4)23-21(27-15(7)8)20(22-16)26-14(5)6/h9-15,22H,1-8H3. The maximum Gasteiger partial charge on any atom is 0.128 e. The SMILES string of the molecule is CC(C)SC1=NC(SC(C)C)=C(SC(C)C)Nc2cccc(SC(C)C)c21. The second-order valence-corrected chi connectivity index (χ2v) is 13.9. The number of hydrogen-bond acceptors (Lipinski definition) is 6. The van der Waals surface area contributed by atoms with Crippen molar-refractivity contribution in [3.8, 4) is 0 Å². The molecular formula is C21H32N2S4. The third kappa shape index (κ3) is 6.98. The first kappa shape index (κ1) is 23.1. The Morgan fingerprint density at radius 1 is 0.741 bits per heavy atom. The Balaban J connectivity index is 2.63. The van der Waals surface area contributed by atoms with Crippen LogP contribution in [0.3, 0.4) is 0 Å². The van der Waals surface area contributed by atoms with Gasteiger partial charge in [-0.25, -0.2) is 4.99 Å². The number of fused-ring (bicyclic) bond motifs is 1. The van der Waals surface area contributed by atoms with Gasteiger partial charge in [0.25, 0.3) is 0 Å². The van der Waals surface area contributed by atoms with Crippen molar-refractivity contribution in [2.45, 2.75) is 81.3 Å². The molecule has 27 heavy (non-hydrogen) atoms. The largest absolute Gasteiger partial charge is 0.347 e. The molecule has 0 amide bonds. The molecule has 1 N–H and O–H groups in total. The fourth-order valence-electron chi connectivity index (χ4n) is 2.51. The number of hydrogen-bond donors (Lipinski definition) is 1. The van der Waals surface area contributed by atoms with Gasteiger partial charge in [0.15, 0.2) is 0 Å². The van der Waals surface area contributed by atoms with Crippen molar-refractivity contribution in [3.63, 3.8) is 0 Å². The summed E-state index contributed by atoms with van der Waals surface area (Å²) >= 11 is 7.50. The van der Waals surface area contributed by atoms with Crippen LogP contribution in [0.15, 0.2) is 38.1 Å². The second-order valence-electron chi connectivity index (χ2n) is 7.52. The molecule has 1 aliphatic rings.